The van der Waals surface area contributed by atoms with Gasteiger partial charge in [0.05, 0.1) is 75.2 Å². The first-order chi connectivity index (χ1) is 27.5. The van der Waals surface area contributed by atoms with Crippen LogP contribution in [0.4, 0.5) is 14.5 Å². The molecule has 312 valence electrons. The van der Waals surface area contributed by atoms with Crippen LogP contribution in [0, 0.1) is 11.3 Å². The minimum atomic E-state index is -3.21. The van der Waals surface area contributed by atoms with Gasteiger partial charge in [0.1, 0.15) is 6.04 Å². The Bertz CT molecular complexity index is 1920. The first-order valence-corrected chi connectivity index (χ1v) is 18.0. The number of nitrogens with one attached hydrogen (secondary N) is 5. The van der Waals surface area contributed by atoms with Crippen molar-refractivity contribution in [1.29, 1.82) is 5.26 Å². The monoisotopic (exact) mass is 815 g/mol. The second kappa shape index (κ2) is 20.7. The van der Waals surface area contributed by atoms with Gasteiger partial charge in [-0.1, -0.05) is 12.1 Å². The van der Waals surface area contributed by atoms with Crippen molar-refractivity contribution in [2.75, 3.05) is 96.9 Å². The number of carbonyl (C=O) groups excluding carboxylic acids is 6. The van der Waals surface area contributed by atoms with E-state index >= 15 is 0 Å². The molecule has 4 rings (SSSR count). The Labute approximate surface area is 329 Å². The Morgan fingerprint density at radius 3 is 1.83 bits per heavy atom. The fraction of sp³-hybridized carbons (Fsp3) is 0.486. The first kappa shape index (κ1) is 44.3. The Hall–Kier alpha value is -6.38. The molecule has 2 aliphatic heterocycles. The number of alkyl halides is 2. The van der Waals surface area contributed by atoms with Gasteiger partial charge in [0, 0.05) is 57.3 Å². The summed E-state index contributed by atoms with van der Waals surface area (Å²) in [6.07, 6.45) is 0.483. The van der Waals surface area contributed by atoms with Crippen LogP contribution in [-0.2, 0) is 33.6 Å². The van der Waals surface area contributed by atoms with E-state index in [-0.39, 0.29) is 41.8 Å². The summed E-state index contributed by atoms with van der Waals surface area (Å²) in [7, 11) is 0. The molecule has 6 amide bonds. The summed E-state index contributed by atoms with van der Waals surface area (Å²) in [6.45, 7) is -1.81. The average Bonchev–Trinajstić information content (AvgIpc) is 3.54. The van der Waals surface area contributed by atoms with Gasteiger partial charge in [-0.3, -0.25) is 58.0 Å². The van der Waals surface area contributed by atoms with E-state index in [1.165, 1.54) is 30.5 Å². The number of benzene rings is 1. The van der Waals surface area contributed by atoms with Gasteiger partial charge in [0.2, 0.25) is 29.5 Å². The lowest BCUT2D eigenvalue weighted by atomic mass is 10.1. The molecule has 0 saturated carbocycles. The van der Waals surface area contributed by atoms with Crippen LogP contribution in [0.15, 0.2) is 30.5 Å². The number of fused-ring (bicyclic) bond motifs is 1. The van der Waals surface area contributed by atoms with Crippen LogP contribution in [-0.4, -0.2) is 186 Å². The highest BCUT2D eigenvalue weighted by atomic mass is 19.3. The van der Waals surface area contributed by atoms with E-state index in [0.29, 0.717) is 39.3 Å². The van der Waals surface area contributed by atoms with E-state index in [1.54, 1.807) is 20.8 Å². The molecule has 1 atom stereocenters. The van der Waals surface area contributed by atoms with Crippen molar-refractivity contribution < 1.29 is 57.4 Å². The molecule has 23 heteroatoms. The third kappa shape index (κ3) is 13.7. The van der Waals surface area contributed by atoms with Gasteiger partial charge in [-0.25, -0.2) is 8.78 Å². The number of para-hydroxylation sites is 1. The summed E-state index contributed by atoms with van der Waals surface area (Å²) in [5.41, 5.74) is 0.407. The maximum atomic E-state index is 13.8. The lowest BCUT2D eigenvalue weighted by Gasteiger charge is -2.24. The number of carboxylic acids is 2. The van der Waals surface area contributed by atoms with E-state index in [2.05, 4.69) is 31.6 Å². The summed E-state index contributed by atoms with van der Waals surface area (Å²) in [5, 5.41) is 39.8. The summed E-state index contributed by atoms with van der Waals surface area (Å²) >= 11 is 0. The maximum absolute atomic E-state index is 13.8. The van der Waals surface area contributed by atoms with E-state index in [0.717, 1.165) is 4.90 Å². The molecule has 7 N–H and O–H groups in total. The molecule has 0 aliphatic carbocycles. The van der Waals surface area contributed by atoms with Crippen molar-refractivity contribution in [3.8, 4) is 6.07 Å². The molecule has 21 nitrogen and oxygen atoms in total. The smallest absolute Gasteiger partial charge is 0.317 e. The van der Waals surface area contributed by atoms with Gasteiger partial charge in [0.25, 0.3) is 11.8 Å². The lowest BCUT2D eigenvalue weighted by Crippen LogP contribution is -2.46. The van der Waals surface area contributed by atoms with Crippen molar-refractivity contribution in [3.05, 3.63) is 36.0 Å². The number of pyridine rings is 1. The number of hydrogen-bond acceptors (Lipinski definition) is 13. The molecule has 0 spiro atoms. The second-order valence-corrected chi connectivity index (χ2v) is 13.5. The molecule has 2 saturated heterocycles. The number of aliphatic carboxylic acids is 2. The number of rotatable bonds is 16. The third-order valence-electron chi connectivity index (χ3n) is 9.05. The van der Waals surface area contributed by atoms with E-state index in [1.807, 2.05) is 0 Å². The number of halogens is 2. The predicted molar refractivity (Wildman–Crippen MR) is 197 cm³/mol. The Morgan fingerprint density at radius 2 is 1.28 bits per heavy atom. The number of nitrogens with zero attached hydrogens (tertiary/aromatic N) is 6. The molecular formula is C35H43F2N11O10. The van der Waals surface area contributed by atoms with Crippen molar-refractivity contribution in [1.82, 2.24) is 45.9 Å². The van der Waals surface area contributed by atoms with Crippen LogP contribution in [0.1, 0.15) is 16.8 Å². The van der Waals surface area contributed by atoms with Crippen LogP contribution in [0.25, 0.3) is 10.9 Å². The first-order valence-electron chi connectivity index (χ1n) is 18.0. The van der Waals surface area contributed by atoms with Crippen LogP contribution in [0.5, 0.6) is 0 Å². The maximum Gasteiger partial charge on any atom is 0.317 e. The normalized spacial score (nSPS) is 17.5. The zero-order valence-electron chi connectivity index (χ0n) is 31.2. The fourth-order valence-electron chi connectivity index (χ4n) is 6.18. The van der Waals surface area contributed by atoms with Crippen molar-refractivity contribution in [2.24, 2.45) is 0 Å². The molecule has 58 heavy (non-hydrogen) atoms. The van der Waals surface area contributed by atoms with Gasteiger partial charge >= 0.3 is 11.9 Å². The van der Waals surface area contributed by atoms with Crippen LogP contribution in [0.2, 0.25) is 0 Å². The SMILES string of the molecule is N#C[C@@H]1CC(F)(F)CN1C(=O)CNC(=O)c1ccnc2c(NC(=O)CNC(=O)CNC(=O)CNC(=O)CN3CCN(CC(=O)O)CCN(CC(=O)O)CC3)cccc12. The standard InChI is InChI=1S/C35H43F2N11O10/c36-35(37)12-22(13-38)48(21-35)30(53)17-43-34(58)24-4-5-39-33-23(24)2-1-3-25(33)44-28(51)16-41-26(49)14-40-27(50)15-42-29(52)18-45-6-8-46(19-31(54)55)10-11-47(9-7-45)20-32(56)57/h1-5,22H,6-12,14-21H2,(H,40,50)(H,41,49)(H,42,52)(H,43,58)(H,44,51)(H,54,55)(H,56,57)/t22-/m0/s1. The lowest BCUT2D eigenvalue weighted by molar-refractivity contribution is -0.140. The van der Waals surface area contributed by atoms with E-state index < -0.39 is 98.5 Å². The highest BCUT2D eigenvalue weighted by Crippen LogP contribution is 2.31. The van der Waals surface area contributed by atoms with Crippen LogP contribution >= 0.6 is 0 Å². The van der Waals surface area contributed by atoms with Crippen molar-refractivity contribution in [2.45, 2.75) is 18.4 Å². The number of anilines is 1. The number of aromatic nitrogens is 1. The minimum absolute atomic E-state index is 0.0547. The zero-order chi connectivity index (χ0) is 42.4. The van der Waals surface area contributed by atoms with Crippen LogP contribution in [0.3, 0.4) is 0 Å². The molecule has 2 aliphatic rings. The molecule has 0 radical (unpaired) electrons. The number of carboxylic acid groups (broad SMARTS) is 2. The Kier molecular flexibility index (Phi) is 15.8. The van der Waals surface area contributed by atoms with Crippen molar-refractivity contribution in [3.63, 3.8) is 0 Å². The van der Waals surface area contributed by atoms with Crippen LogP contribution < -0.4 is 26.6 Å². The highest BCUT2D eigenvalue weighted by Gasteiger charge is 2.47. The van der Waals surface area contributed by atoms with Gasteiger partial charge in [-0.15, -0.1) is 0 Å². The van der Waals surface area contributed by atoms with Gasteiger partial charge in [-0.2, -0.15) is 5.26 Å². The zero-order valence-corrected chi connectivity index (χ0v) is 31.2. The molecule has 1 aromatic carbocycles. The van der Waals surface area contributed by atoms with E-state index in [4.69, 9.17) is 5.26 Å². The molecule has 2 aromatic rings. The Balaban J connectivity index is 1.20. The van der Waals surface area contributed by atoms with E-state index in [9.17, 15) is 57.4 Å². The second-order valence-electron chi connectivity index (χ2n) is 13.5. The number of amides is 6. The Morgan fingerprint density at radius 1 is 0.741 bits per heavy atom. The summed E-state index contributed by atoms with van der Waals surface area (Å²) in [4.78, 5) is 108. The number of nitriles is 1. The molecule has 1 aromatic heterocycles. The number of likely N-dealkylation sites (tertiary alicyclic amines) is 1. The summed E-state index contributed by atoms with van der Waals surface area (Å²) in [6, 6.07) is 6.23. The molecular weight excluding hydrogens is 772 g/mol. The topological polar surface area (TPSA) is 287 Å². The molecule has 0 unspecified atom stereocenters. The van der Waals surface area contributed by atoms with Gasteiger partial charge in [-0.05, 0) is 12.1 Å². The molecule has 3 heterocycles. The fourth-order valence-corrected chi connectivity index (χ4v) is 6.18. The highest BCUT2D eigenvalue weighted by molar-refractivity contribution is 6.11. The largest absolute Gasteiger partial charge is 0.480 e. The number of hydrogen-bond donors (Lipinski definition) is 7. The van der Waals surface area contributed by atoms with Crippen molar-refractivity contribution >= 4 is 64.0 Å². The molecule has 2 fully saturated rings. The van der Waals surface area contributed by atoms with Gasteiger partial charge < -0.3 is 41.7 Å². The number of carbonyl (C=O) groups is 8. The predicted octanol–water partition coefficient (Wildman–Crippen LogP) is -2.90. The minimum Gasteiger partial charge on any atom is -0.480 e. The third-order valence-corrected chi connectivity index (χ3v) is 9.05. The average molecular weight is 816 g/mol. The summed E-state index contributed by atoms with van der Waals surface area (Å²) in [5.74, 6) is -9.54. The van der Waals surface area contributed by atoms with Gasteiger partial charge in [0.15, 0.2) is 0 Å². The summed E-state index contributed by atoms with van der Waals surface area (Å²) < 4.78 is 27.5. The quantitative estimate of drug-likeness (QED) is 0.0895. The molecule has 0 bridgehead atoms.